The van der Waals surface area contributed by atoms with Crippen molar-refractivity contribution in [2.45, 2.75) is 24.0 Å². The lowest BCUT2D eigenvalue weighted by Gasteiger charge is -2.18. The van der Waals surface area contributed by atoms with Crippen LogP contribution in [0.1, 0.15) is 30.2 Å². The molecule has 0 radical (unpaired) electrons. The van der Waals surface area contributed by atoms with Crippen molar-refractivity contribution in [1.29, 1.82) is 0 Å². The smallest absolute Gasteiger partial charge is 0.175 e. The van der Waals surface area contributed by atoms with Gasteiger partial charge in [-0.15, -0.1) is 0 Å². The molecule has 0 aliphatic rings. The highest BCUT2D eigenvalue weighted by Crippen LogP contribution is 2.18. The average Bonchev–Trinajstić information content (AvgIpc) is 2.52. The summed E-state index contributed by atoms with van der Waals surface area (Å²) in [5, 5.41) is 13.3. The fraction of sp³-hybridized carbons (Fsp3) is 0.294. The SMILES string of the molecule is CC(NCC(O)c1ccc(F)cc1)c1ccc(S(C)(=O)=O)cc1. The Kier molecular flexibility index (Phi) is 5.51. The Hall–Kier alpha value is -1.76. The molecule has 0 saturated carbocycles. The van der Waals surface area contributed by atoms with Gasteiger partial charge >= 0.3 is 0 Å². The molecule has 0 amide bonds. The van der Waals surface area contributed by atoms with E-state index in [0.29, 0.717) is 12.1 Å². The lowest BCUT2D eigenvalue weighted by atomic mass is 10.1. The summed E-state index contributed by atoms with van der Waals surface area (Å²) in [5.41, 5.74) is 1.56. The zero-order valence-electron chi connectivity index (χ0n) is 13.0. The van der Waals surface area contributed by atoms with Crippen LogP contribution in [0.4, 0.5) is 4.39 Å². The van der Waals surface area contributed by atoms with Gasteiger partial charge in [0.2, 0.25) is 0 Å². The van der Waals surface area contributed by atoms with Crippen LogP contribution in [-0.4, -0.2) is 26.3 Å². The monoisotopic (exact) mass is 337 g/mol. The van der Waals surface area contributed by atoms with Gasteiger partial charge in [0.1, 0.15) is 5.82 Å². The van der Waals surface area contributed by atoms with Gasteiger partial charge in [0.25, 0.3) is 0 Å². The van der Waals surface area contributed by atoms with Gasteiger partial charge in [0, 0.05) is 18.8 Å². The molecule has 124 valence electrons. The number of halogens is 1. The van der Waals surface area contributed by atoms with Crippen LogP contribution < -0.4 is 5.32 Å². The number of benzene rings is 2. The van der Waals surface area contributed by atoms with Crippen LogP contribution in [0.3, 0.4) is 0 Å². The number of aliphatic hydroxyl groups is 1. The third-order valence-electron chi connectivity index (χ3n) is 3.68. The molecule has 6 heteroatoms. The highest BCUT2D eigenvalue weighted by Gasteiger charge is 2.12. The van der Waals surface area contributed by atoms with Crippen molar-refractivity contribution in [3.63, 3.8) is 0 Å². The first-order valence-corrected chi connectivity index (χ1v) is 9.13. The van der Waals surface area contributed by atoms with E-state index < -0.39 is 15.9 Å². The highest BCUT2D eigenvalue weighted by atomic mass is 32.2. The minimum atomic E-state index is -3.20. The number of hydrogen-bond acceptors (Lipinski definition) is 4. The number of hydrogen-bond donors (Lipinski definition) is 2. The minimum absolute atomic E-state index is 0.0568. The molecule has 0 fully saturated rings. The van der Waals surface area contributed by atoms with Gasteiger partial charge in [-0.3, -0.25) is 0 Å². The predicted octanol–water partition coefficient (Wildman–Crippen LogP) is 2.61. The maximum Gasteiger partial charge on any atom is 0.175 e. The molecule has 2 N–H and O–H groups in total. The quantitative estimate of drug-likeness (QED) is 0.850. The van der Waals surface area contributed by atoms with E-state index in [1.807, 2.05) is 6.92 Å². The summed E-state index contributed by atoms with van der Waals surface area (Å²) >= 11 is 0. The molecule has 0 bridgehead atoms. The van der Waals surface area contributed by atoms with Gasteiger partial charge in [-0.05, 0) is 42.3 Å². The second-order valence-electron chi connectivity index (χ2n) is 5.54. The first-order valence-electron chi connectivity index (χ1n) is 7.24. The second kappa shape index (κ2) is 7.21. The van der Waals surface area contributed by atoms with Crippen LogP contribution in [0.2, 0.25) is 0 Å². The maximum absolute atomic E-state index is 12.9. The standard InChI is InChI=1S/C17H20FNO3S/c1-12(13-5-9-16(10-6-13)23(2,21)22)19-11-17(20)14-3-7-15(18)8-4-14/h3-10,12,17,19-20H,11H2,1-2H3. The van der Waals surface area contributed by atoms with E-state index in [1.165, 1.54) is 18.4 Å². The van der Waals surface area contributed by atoms with Crippen molar-refractivity contribution < 1.29 is 17.9 Å². The molecule has 0 aromatic heterocycles. The Morgan fingerprint density at radius 2 is 1.57 bits per heavy atom. The first-order chi connectivity index (χ1) is 10.8. The molecule has 4 nitrogen and oxygen atoms in total. The number of rotatable bonds is 6. The Morgan fingerprint density at radius 1 is 1.04 bits per heavy atom. The molecule has 2 atom stereocenters. The topological polar surface area (TPSA) is 66.4 Å². The molecule has 2 unspecified atom stereocenters. The third kappa shape index (κ3) is 4.86. The molecule has 0 saturated heterocycles. The zero-order valence-corrected chi connectivity index (χ0v) is 13.8. The summed E-state index contributed by atoms with van der Waals surface area (Å²) < 4.78 is 35.7. The molecular formula is C17H20FNO3S. The van der Waals surface area contributed by atoms with Crippen LogP contribution in [0, 0.1) is 5.82 Å². The van der Waals surface area contributed by atoms with Crippen LogP contribution in [0.25, 0.3) is 0 Å². The molecule has 2 aromatic rings. The number of nitrogens with one attached hydrogen (secondary N) is 1. The van der Waals surface area contributed by atoms with Crippen LogP contribution >= 0.6 is 0 Å². The summed E-state index contributed by atoms with van der Waals surface area (Å²) in [6.45, 7) is 2.23. The molecule has 2 aromatic carbocycles. The van der Waals surface area contributed by atoms with Crippen LogP contribution in [0.15, 0.2) is 53.4 Å². The van der Waals surface area contributed by atoms with Crippen LogP contribution in [-0.2, 0) is 9.84 Å². The van der Waals surface area contributed by atoms with Gasteiger partial charge in [-0.25, -0.2) is 12.8 Å². The van der Waals surface area contributed by atoms with E-state index in [2.05, 4.69) is 5.32 Å². The van der Waals surface area contributed by atoms with Gasteiger partial charge in [0.05, 0.1) is 11.0 Å². The van der Waals surface area contributed by atoms with E-state index in [4.69, 9.17) is 0 Å². The summed E-state index contributed by atoms with van der Waals surface area (Å²) in [7, 11) is -3.20. The fourth-order valence-electron chi connectivity index (χ4n) is 2.21. The number of aliphatic hydroxyl groups excluding tert-OH is 1. The van der Waals surface area contributed by atoms with E-state index in [9.17, 15) is 17.9 Å². The fourth-order valence-corrected chi connectivity index (χ4v) is 2.84. The van der Waals surface area contributed by atoms with E-state index in [0.717, 1.165) is 5.56 Å². The van der Waals surface area contributed by atoms with Gasteiger partial charge in [-0.1, -0.05) is 24.3 Å². The molecule has 0 aliphatic carbocycles. The van der Waals surface area contributed by atoms with E-state index in [-0.39, 0.29) is 16.8 Å². The molecule has 0 spiro atoms. The summed E-state index contributed by atoms with van der Waals surface area (Å²) in [6, 6.07) is 12.3. The van der Waals surface area contributed by atoms with Crippen molar-refractivity contribution >= 4 is 9.84 Å². The van der Waals surface area contributed by atoms with Crippen molar-refractivity contribution in [3.8, 4) is 0 Å². The van der Waals surface area contributed by atoms with Gasteiger partial charge in [-0.2, -0.15) is 0 Å². The Morgan fingerprint density at radius 3 is 2.09 bits per heavy atom. The van der Waals surface area contributed by atoms with Gasteiger partial charge in [0.15, 0.2) is 9.84 Å². The lowest BCUT2D eigenvalue weighted by Crippen LogP contribution is -2.24. The summed E-state index contributed by atoms with van der Waals surface area (Å²) in [4.78, 5) is 0.278. The average molecular weight is 337 g/mol. The summed E-state index contributed by atoms with van der Waals surface area (Å²) in [6.07, 6.45) is 0.427. The molecule has 0 heterocycles. The summed E-state index contributed by atoms with van der Waals surface area (Å²) in [5.74, 6) is -0.340. The highest BCUT2D eigenvalue weighted by molar-refractivity contribution is 7.90. The first kappa shape index (κ1) is 17.6. The van der Waals surface area contributed by atoms with Crippen LogP contribution in [0.5, 0.6) is 0 Å². The normalized spacial score (nSPS) is 14.4. The zero-order chi connectivity index (χ0) is 17.0. The second-order valence-corrected chi connectivity index (χ2v) is 7.55. The molecule has 0 aliphatic heterocycles. The van der Waals surface area contributed by atoms with Gasteiger partial charge < -0.3 is 10.4 Å². The van der Waals surface area contributed by atoms with Crippen molar-refractivity contribution in [3.05, 3.63) is 65.5 Å². The van der Waals surface area contributed by atoms with Crippen molar-refractivity contribution in [2.75, 3.05) is 12.8 Å². The molecule has 2 rings (SSSR count). The Bertz CT molecular complexity index is 742. The number of sulfone groups is 1. The van der Waals surface area contributed by atoms with E-state index in [1.54, 1.807) is 36.4 Å². The van der Waals surface area contributed by atoms with Crippen molar-refractivity contribution in [2.24, 2.45) is 0 Å². The lowest BCUT2D eigenvalue weighted by molar-refractivity contribution is 0.170. The minimum Gasteiger partial charge on any atom is -0.387 e. The largest absolute Gasteiger partial charge is 0.387 e. The van der Waals surface area contributed by atoms with Crippen molar-refractivity contribution in [1.82, 2.24) is 5.32 Å². The van der Waals surface area contributed by atoms with E-state index >= 15 is 0 Å². The third-order valence-corrected chi connectivity index (χ3v) is 4.81. The molecular weight excluding hydrogens is 317 g/mol. The molecule has 23 heavy (non-hydrogen) atoms. The Labute approximate surface area is 135 Å². The predicted molar refractivity (Wildman–Crippen MR) is 87.3 cm³/mol. The Balaban J connectivity index is 1.96. The maximum atomic E-state index is 12.9.